The summed E-state index contributed by atoms with van der Waals surface area (Å²) in [6.07, 6.45) is 1.56. The van der Waals surface area contributed by atoms with E-state index in [2.05, 4.69) is 38.2 Å². The SMILES string of the molecule is COCC#Cc1ccc2ncnc(Nc3ccc(Oc4cccc5ccc(C)nc45)c(C)c3)c2c1. The molecule has 0 saturated carbocycles. The number of aromatic nitrogens is 3. The molecule has 0 spiro atoms. The minimum absolute atomic E-state index is 0.385. The molecule has 1 N–H and O–H groups in total. The highest BCUT2D eigenvalue weighted by molar-refractivity contribution is 5.91. The Morgan fingerprint density at radius 1 is 0.914 bits per heavy atom. The van der Waals surface area contributed by atoms with Gasteiger partial charge in [0.1, 0.15) is 30.0 Å². The first-order valence-corrected chi connectivity index (χ1v) is 11.3. The standard InChI is InChI=1S/C29H24N4O2/c1-19-16-23(12-14-26(19)35-27-8-4-7-22-11-9-20(2)32-28(22)27)33-29-24-17-21(6-5-15-34-3)10-13-25(24)30-18-31-29/h4,7-14,16-18H,15H2,1-3H3,(H,30,31,33). The number of fused-ring (bicyclic) bond motifs is 2. The van der Waals surface area contributed by atoms with E-state index < -0.39 is 0 Å². The van der Waals surface area contributed by atoms with Crippen molar-refractivity contribution in [2.45, 2.75) is 13.8 Å². The van der Waals surface area contributed by atoms with Crippen molar-refractivity contribution in [2.75, 3.05) is 19.0 Å². The molecule has 172 valence electrons. The van der Waals surface area contributed by atoms with Gasteiger partial charge in [0.15, 0.2) is 5.75 Å². The molecule has 0 aliphatic rings. The van der Waals surface area contributed by atoms with Gasteiger partial charge in [-0.1, -0.05) is 30.0 Å². The van der Waals surface area contributed by atoms with Crippen molar-refractivity contribution in [3.8, 4) is 23.3 Å². The van der Waals surface area contributed by atoms with Gasteiger partial charge in [-0.05, 0) is 67.9 Å². The number of nitrogens with zero attached hydrogens (tertiary/aromatic N) is 3. The van der Waals surface area contributed by atoms with Crippen LogP contribution in [-0.2, 0) is 4.74 Å². The third-order valence-electron chi connectivity index (χ3n) is 5.56. The van der Waals surface area contributed by atoms with Crippen LogP contribution in [0.15, 0.2) is 73.1 Å². The quantitative estimate of drug-likeness (QED) is 0.309. The fraction of sp³-hybridized carbons (Fsp3) is 0.138. The van der Waals surface area contributed by atoms with Gasteiger partial charge in [0.2, 0.25) is 0 Å². The maximum Gasteiger partial charge on any atom is 0.153 e. The predicted octanol–water partition coefficient (Wildman–Crippen LogP) is 6.33. The summed E-state index contributed by atoms with van der Waals surface area (Å²) >= 11 is 0. The zero-order valence-corrected chi connectivity index (χ0v) is 19.8. The molecule has 2 aromatic heterocycles. The zero-order chi connectivity index (χ0) is 24.2. The molecule has 0 unspecified atom stereocenters. The number of para-hydroxylation sites is 1. The maximum absolute atomic E-state index is 6.27. The van der Waals surface area contributed by atoms with Crippen LogP contribution in [0.4, 0.5) is 11.5 Å². The molecule has 0 bridgehead atoms. The van der Waals surface area contributed by atoms with Gasteiger partial charge >= 0.3 is 0 Å². The van der Waals surface area contributed by atoms with Crippen LogP contribution in [0.25, 0.3) is 21.8 Å². The molecule has 5 aromatic rings. The molecule has 35 heavy (non-hydrogen) atoms. The van der Waals surface area contributed by atoms with Crippen molar-refractivity contribution >= 4 is 33.3 Å². The van der Waals surface area contributed by atoms with Crippen LogP contribution in [0.5, 0.6) is 11.5 Å². The monoisotopic (exact) mass is 460 g/mol. The Balaban J connectivity index is 1.42. The lowest BCUT2D eigenvalue weighted by Crippen LogP contribution is -1.98. The van der Waals surface area contributed by atoms with Crippen molar-refractivity contribution < 1.29 is 9.47 Å². The molecular formula is C29H24N4O2. The number of anilines is 2. The topological polar surface area (TPSA) is 69.2 Å². The van der Waals surface area contributed by atoms with Gasteiger partial charge in [0.25, 0.3) is 0 Å². The zero-order valence-electron chi connectivity index (χ0n) is 19.8. The average molecular weight is 461 g/mol. The van der Waals surface area contributed by atoms with Gasteiger partial charge in [0.05, 0.1) is 5.52 Å². The summed E-state index contributed by atoms with van der Waals surface area (Å²) in [4.78, 5) is 13.5. The van der Waals surface area contributed by atoms with Gasteiger partial charge in [-0.25, -0.2) is 15.0 Å². The third kappa shape index (κ3) is 4.91. The lowest BCUT2D eigenvalue weighted by atomic mass is 10.1. The molecular weight excluding hydrogens is 436 g/mol. The Morgan fingerprint density at radius 2 is 1.83 bits per heavy atom. The summed E-state index contributed by atoms with van der Waals surface area (Å²) in [5.74, 6) is 8.31. The van der Waals surface area contributed by atoms with Gasteiger partial charge < -0.3 is 14.8 Å². The molecule has 0 radical (unpaired) electrons. The number of rotatable bonds is 5. The summed E-state index contributed by atoms with van der Waals surface area (Å²) in [5, 5.41) is 5.36. The first-order valence-electron chi connectivity index (χ1n) is 11.3. The Labute approximate surface area is 204 Å². The van der Waals surface area contributed by atoms with Gasteiger partial charge in [-0.2, -0.15) is 0 Å². The van der Waals surface area contributed by atoms with E-state index in [9.17, 15) is 0 Å². The second-order valence-electron chi connectivity index (χ2n) is 8.18. The van der Waals surface area contributed by atoms with E-state index in [0.29, 0.717) is 12.4 Å². The van der Waals surface area contributed by atoms with Gasteiger partial charge in [-0.3, -0.25) is 0 Å². The summed E-state index contributed by atoms with van der Waals surface area (Å²) in [5.41, 5.74) is 5.42. The molecule has 3 aromatic carbocycles. The average Bonchev–Trinajstić information content (AvgIpc) is 2.86. The number of hydrogen-bond donors (Lipinski definition) is 1. The van der Waals surface area contributed by atoms with E-state index in [1.54, 1.807) is 13.4 Å². The highest BCUT2D eigenvalue weighted by atomic mass is 16.5. The van der Waals surface area contributed by atoms with Crippen LogP contribution in [0, 0.1) is 25.7 Å². The van der Waals surface area contributed by atoms with E-state index in [4.69, 9.17) is 9.47 Å². The third-order valence-corrected chi connectivity index (χ3v) is 5.56. The maximum atomic E-state index is 6.27. The van der Waals surface area contributed by atoms with Crippen molar-refractivity contribution in [3.05, 3.63) is 89.9 Å². The van der Waals surface area contributed by atoms with Crippen LogP contribution in [0.1, 0.15) is 16.8 Å². The number of aryl methyl sites for hydroxylation is 2. The second-order valence-corrected chi connectivity index (χ2v) is 8.18. The Bertz CT molecular complexity index is 1600. The lowest BCUT2D eigenvalue weighted by molar-refractivity contribution is 0.240. The number of ether oxygens (including phenoxy) is 2. The Hall–Kier alpha value is -4.47. The van der Waals surface area contributed by atoms with Crippen molar-refractivity contribution in [3.63, 3.8) is 0 Å². The normalized spacial score (nSPS) is 10.7. The van der Waals surface area contributed by atoms with Gasteiger partial charge in [0, 0.05) is 34.8 Å². The summed E-state index contributed by atoms with van der Waals surface area (Å²) < 4.78 is 11.3. The van der Waals surface area contributed by atoms with E-state index in [-0.39, 0.29) is 0 Å². The fourth-order valence-electron chi connectivity index (χ4n) is 3.84. The number of methoxy groups -OCH3 is 1. The van der Waals surface area contributed by atoms with E-state index in [1.165, 1.54) is 0 Å². The Morgan fingerprint density at radius 3 is 2.69 bits per heavy atom. The summed E-state index contributed by atoms with van der Waals surface area (Å²) in [6.45, 7) is 4.39. The van der Waals surface area contributed by atoms with E-state index in [1.807, 2.05) is 74.5 Å². The lowest BCUT2D eigenvalue weighted by Gasteiger charge is -2.13. The van der Waals surface area contributed by atoms with Crippen molar-refractivity contribution in [1.29, 1.82) is 0 Å². The smallest absolute Gasteiger partial charge is 0.153 e. The molecule has 0 atom stereocenters. The van der Waals surface area contributed by atoms with Crippen molar-refractivity contribution in [1.82, 2.24) is 15.0 Å². The first-order chi connectivity index (χ1) is 17.1. The van der Waals surface area contributed by atoms with Gasteiger partial charge in [-0.15, -0.1) is 0 Å². The molecule has 6 heteroatoms. The molecule has 0 aliphatic heterocycles. The van der Waals surface area contributed by atoms with Crippen LogP contribution >= 0.6 is 0 Å². The molecule has 6 nitrogen and oxygen atoms in total. The number of hydrogen-bond acceptors (Lipinski definition) is 6. The molecule has 5 rings (SSSR count). The predicted molar refractivity (Wildman–Crippen MR) is 139 cm³/mol. The number of nitrogens with one attached hydrogen (secondary N) is 1. The Kier molecular flexibility index (Phi) is 6.25. The van der Waals surface area contributed by atoms with Crippen LogP contribution in [0.3, 0.4) is 0 Å². The van der Waals surface area contributed by atoms with Crippen LogP contribution in [0.2, 0.25) is 0 Å². The molecule has 2 heterocycles. The fourth-order valence-corrected chi connectivity index (χ4v) is 3.84. The highest BCUT2D eigenvalue weighted by Gasteiger charge is 2.10. The largest absolute Gasteiger partial charge is 0.455 e. The number of benzene rings is 3. The molecule has 0 amide bonds. The number of pyridine rings is 1. The van der Waals surface area contributed by atoms with E-state index >= 15 is 0 Å². The highest BCUT2D eigenvalue weighted by Crippen LogP contribution is 2.33. The van der Waals surface area contributed by atoms with Crippen LogP contribution < -0.4 is 10.1 Å². The summed E-state index contributed by atoms with van der Waals surface area (Å²) in [7, 11) is 1.63. The van der Waals surface area contributed by atoms with E-state index in [0.717, 1.165) is 55.8 Å². The molecule has 0 saturated heterocycles. The minimum atomic E-state index is 0.385. The van der Waals surface area contributed by atoms with Crippen LogP contribution in [-0.4, -0.2) is 28.7 Å². The minimum Gasteiger partial charge on any atom is -0.455 e. The van der Waals surface area contributed by atoms with Crippen molar-refractivity contribution in [2.24, 2.45) is 0 Å². The molecule has 0 aliphatic carbocycles. The first kappa shape index (κ1) is 22.3. The summed E-state index contributed by atoms with van der Waals surface area (Å²) in [6, 6.07) is 21.9. The second kappa shape index (κ2) is 9.80. The molecule has 0 fully saturated rings.